The monoisotopic (exact) mass is 280 g/mol. The molecule has 1 aliphatic rings. The number of alkyl halides is 4. The lowest BCUT2D eigenvalue weighted by molar-refractivity contribution is -0.137. The number of benzene rings is 1. The first-order valence-corrected chi connectivity index (χ1v) is 6.03. The van der Waals surface area contributed by atoms with Crippen molar-refractivity contribution in [3.05, 3.63) is 29.8 Å². The highest BCUT2D eigenvalue weighted by molar-refractivity contribution is 8.16. The van der Waals surface area contributed by atoms with E-state index in [9.17, 15) is 13.2 Å². The number of hydrogen-bond acceptors (Lipinski definition) is 2. The number of nitrogens with zero attached hydrogens (tertiary/aromatic N) is 1. The first kappa shape index (κ1) is 12.6. The van der Waals surface area contributed by atoms with Crippen LogP contribution in [0.1, 0.15) is 5.56 Å². The van der Waals surface area contributed by atoms with Gasteiger partial charge in [-0.1, -0.05) is 17.8 Å². The molecule has 17 heavy (non-hydrogen) atoms. The third kappa shape index (κ3) is 2.69. The van der Waals surface area contributed by atoms with Crippen molar-refractivity contribution in [2.45, 2.75) is 10.9 Å². The minimum Gasteiger partial charge on any atom is -0.319 e. The lowest BCUT2D eigenvalue weighted by atomic mass is 10.2. The molecular formula is C10H8ClF3N2S. The van der Waals surface area contributed by atoms with Crippen molar-refractivity contribution >= 4 is 34.2 Å². The Morgan fingerprint density at radius 3 is 2.65 bits per heavy atom. The van der Waals surface area contributed by atoms with Gasteiger partial charge in [-0.25, -0.2) is 0 Å². The Balaban J connectivity index is 2.31. The highest BCUT2D eigenvalue weighted by atomic mass is 35.5. The molecule has 1 aromatic carbocycles. The van der Waals surface area contributed by atoms with Gasteiger partial charge in [0, 0.05) is 5.69 Å². The van der Waals surface area contributed by atoms with E-state index in [1.54, 1.807) is 6.07 Å². The molecule has 1 saturated heterocycles. The smallest absolute Gasteiger partial charge is 0.319 e. The van der Waals surface area contributed by atoms with Crippen LogP contribution in [0.4, 0.5) is 18.9 Å². The summed E-state index contributed by atoms with van der Waals surface area (Å²) in [5.41, 5.74) is -0.369. The molecule has 0 radical (unpaired) electrons. The van der Waals surface area contributed by atoms with Gasteiger partial charge in [0.2, 0.25) is 0 Å². The predicted octanol–water partition coefficient (Wildman–Crippen LogP) is 3.76. The van der Waals surface area contributed by atoms with E-state index >= 15 is 0 Å². The van der Waals surface area contributed by atoms with Crippen LogP contribution in [-0.4, -0.2) is 16.4 Å². The summed E-state index contributed by atoms with van der Waals surface area (Å²) in [4.78, 5) is 1.47. The SMILES string of the molecule is N=C1SC(Cl)CN1c1cccc(C(F)(F)F)c1. The van der Waals surface area contributed by atoms with Crippen LogP contribution >= 0.6 is 23.4 Å². The summed E-state index contributed by atoms with van der Waals surface area (Å²) in [6, 6.07) is 4.91. The summed E-state index contributed by atoms with van der Waals surface area (Å²) < 4.78 is 37.3. The Hall–Kier alpha value is -0.880. The van der Waals surface area contributed by atoms with Crippen LogP contribution < -0.4 is 4.90 Å². The molecule has 1 atom stereocenters. The van der Waals surface area contributed by atoms with Crippen LogP contribution in [0, 0.1) is 5.41 Å². The fourth-order valence-corrected chi connectivity index (χ4v) is 2.69. The molecule has 0 saturated carbocycles. The van der Waals surface area contributed by atoms with Crippen molar-refractivity contribution in [3.63, 3.8) is 0 Å². The third-order valence-electron chi connectivity index (χ3n) is 2.30. The van der Waals surface area contributed by atoms with Crippen molar-refractivity contribution in [3.8, 4) is 0 Å². The molecule has 1 aliphatic heterocycles. The Morgan fingerprint density at radius 2 is 2.12 bits per heavy atom. The van der Waals surface area contributed by atoms with Crippen LogP contribution in [-0.2, 0) is 6.18 Å². The molecule has 0 aromatic heterocycles. The number of hydrogen-bond donors (Lipinski definition) is 1. The van der Waals surface area contributed by atoms with E-state index in [0.717, 1.165) is 23.9 Å². The summed E-state index contributed by atoms with van der Waals surface area (Å²) in [6.07, 6.45) is -4.37. The maximum atomic E-state index is 12.5. The molecule has 0 amide bonds. The molecule has 1 N–H and O–H groups in total. The lowest BCUT2D eigenvalue weighted by Gasteiger charge is -2.18. The number of halogens is 4. The highest BCUT2D eigenvalue weighted by Gasteiger charge is 2.32. The van der Waals surface area contributed by atoms with E-state index in [1.165, 1.54) is 11.0 Å². The van der Waals surface area contributed by atoms with Gasteiger partial charge in [-0.15, -0.1) is 11.6 Å². The summed E-state index contributed by atoms with van der Waals surface area (Å²) in [6.45, 7) is 0.340. The van der Waals surface area contributed by atoms with Gasteiger partial charge in [0.05, 0.1) is 12.1 Å². The fraction of sp³-hybridized carbons (Fsp3) is 0.300. The van der Waals surface area contributed by atoms with E-state index in [0.29, 0.717) is 12.2 Å². The van der Waals surface area contributed by atoms with Crippen LogP contribution in [0.2, 0.25) is 0 Å². The number of rotatable bonds is 1. The van der Waals surface area contributed by atoms with E-state index in [-0.39, 0.29) is 9.88 Å². The largest absolute Gasteiger partial charge is 0.416 e. The molecule has 1 fully saturated rings. The zero-order valence-corrected chi connectivity index (χ0v) is 10.0. The normalized spacial score (nSPS) is 21.1. The van der Waals surface area contributed by atoms with Crippen LogP contribution in [0.5, 0.6) is 0 Å². The van der Waals surface area contributed by atoms with E-state index < -0.39 is 11.7 Å². The number of nitrogens with one attached hydrogen (secondary N) is 1. The number of anilines is 1. The Morgan fingerprint density at radius 1 is 1.41 bits per heavy atom. The van der Waals surface area contributed by atoms with Crippen molar-refractivity contribution < 1.29 is 13.2 Å². The van der Waals surface area contributed by atoms with Crippen molar-refractivity contribution in [1.82, 2.24) is 0 Å². The maximum Gasteiger partial charge on any atom is 0.416 e. The van der Waals surface area contributed by atoms with Crippen molar-refractivity contribution in [2.24, 2.45) is 0 Å². The quantitative estimate of drug-likeness (QED) is 0.793. The molecule has 0 spiro atoms. The first-order chi connectivity index (χ1) is 7.88. The lowest BCUT2D eigenvalue weighted by Crippen LogP contribution is -2.24. The minimum atomic E-state index is -4.37. The summed E-state index contributed by atoms with van der Waals surface area (Å²) in [7, 11) is 0. The average Bonchev–Trinajstić information content (AvgIpc) is 2.57. The standard InChI is InChI=1S/C10H8ClF3N2S/c11-8-5-16(9(15)17-8)7-3-1-2-6(4-7)10(12,13)14/h1-4,8,15H,5H2. The van der Waals surface area contributed by atoms with Crippen LogP contribution in [0.25, 0.3) is 0 Å². The molecule has 0 bridgehead atoms. The van der Waals surface area contributed by atoms with E-state index in [2.05, 4.69) is 0 Å². The minimum absolute atomic E-state index is 0.171. The summed E-state index contributed by atoms with van der Waals surface area (Å²) in [5.74, 6) is 0. The zero-order chi connectivity index (χ0) is 12.6. The van der Waals surface area contributed by atoms with Gasteiger partial charge < -0.3 is 4.90 Å². The average molecular weight is 281 g/mol. The fourth-order valence-electron chi connectivity index (χ4n) is 1.52. The third-order valence-corrected chi connectivity index (χ3v) is 3.55. The first-order valence-electron chi connectivity index (χ1n) is 4.72. The molecule has 7 heteroatoms. The van der Waals surface area contributed by atoms with Gasteiger partial charge in [-0.05, 0) is 18.2 Å². The van der Waals surface area contributed by atoms with Gasteiger partial charge in [0.15, 0.2) is 5.17 Å². The molecule has 92 valence electrons. The number of thioether (sulfide) groups is 1. The Labute approximate surface area is 105 Å². The van der Waals surface area contributed by atoms with Crippen molar-refractivity contribution in [1.29, 1.82) is 5.41 Å². The van der Waals surface area contributed by atoms with Crippen molar-refractivity contribution in [2.75, 3.05) is 11.4 Å². The second kappa shape index (κ2) is 4.42. The highest BCUT2D eigenvalue weighted by Crippen LogP contribution is 2.35. The van der Waals surface area contributed by atoms with Gasteiger partial charge in [0.1, 0.15) is 4.71 Å². The maximum absolute atomic E-state index is 12.5. The Kier molecular flexibility index (Phi) is 3.27. The predicted molar refractivity (Wildman–Crippen MR) is 63.7 cm³/mol. The number of amidine groups is 1. The molecule has 2 nitrogen and oxygen atoms in total. The molecule has 2 rings (SSSR count). The molecular weight excluding hydrogens is 273 g/mol. The van der Waals surface area contributed by atoms with E-state index in [4.69, 9.17) is 17.0 Å². The van der Waals surface area contributed by atoms with Crippen LogP contribution in [0.3, 0.4) is 0 Å². The zero-order valence-electron chi connectivity index (χ0n) is 8.46. The van der Waals surface area contributed by atoms with Crippen LogP contribution in [0.15, 0.2) is 24.3 Å². The second-order valence-corrected chi connectivity index (χ2v) is 5.47. The molecule has 1 unspecified atom stereocenters. The van der Waals surface area contributed by atoms with E-state index in [1.807, 2.05) is 0 Å². The topological polar surface area (TPSA) is 27.1 Å². The van der Waals surface area contributed by atoms with Gasteiger partial charge in [0.25, 0.3) is 0 Å². The molecule has 0 aliphatic carbocycles. The Bertz CT molecular complexity index is 449. The second-order valence-electron chi connectivity index (χ2n) is 3.49. The summed E-state index contributed by atoms with van der Waals surface area (Å²) in [5, 5.41) is 7.79. The van der Waals surface area contributed by atoms with Gasteiger partial charge in [-0.2, -0.15) is 13.2 Å². The van der Waals surface area contributed by atoms with Gasteiger partial charge >= 0.3 is 6.18 Å². The molecule has 1 heterocycles. The van der Waals surface area contributed by atoms with Gasteiger partial charge in [-0.3, -0.25) is 5.41 Å². The summed E-state index contributed by atoms with van der Waals surface area (Å²) >= 11 is 6.97. The molecule has 1 aromatic rings.